The van der Waals surface area contributed by atoms with E-state index < -0.39 is 0 Å². The maximum atomic E-state index is 5.20. The predicted octanol–water partition coefficient (Wildman–Crippen LogP) is 2.02. The third-order valence-corrected chi connectivity index (χ3v) is 4.55. The molecule has 1 atom stereocenters. The lowest BCUT2D eigenvalue weighted by atomic mass is 10.1. The van der Waals surface area contributed by atoms with Crippen molar-refractivity contribution >= 4 is 0 Å². The van der Waals surface area contributed by atoms with Crippen LogP contribution in [-0.2, 0) is 6.42 Å². The number of piperazine rings is 1. The summed E-state index contributed by atoms with van der Waals surface area (Å²) < 4.78 is 5.20. The van der Waals surface area contributed by atoms with Crippen molar-refractivity contribution in [2.75, 3.05) is 39.8 Å². The van der Waals surface area contributed by atoms with E-state index in [1.165, 1.54) is 51.1 Å². The van der Waals surface area contributed by atoms with E-state index in [0.717, 1.165) is 18.2 Å². The van der Waals surface area contributed by atoms with E-state index in [2.05, 4.69) is 34.1 Å². The van der Waals surface area contributed by atoms with Gasteiger partial charge >= 0.3 is 0 Å². The van der Waals surface area contributed by atoms with Crippen molar-refractivity contribution in [2.45, 2.75) is 25.3 Å². The zero-order chi connectivity index (χ0) is 13.1. The van der Waals surface area contributed by atoms with E-state index in [9.17, 15) is 0 Å². The minimum absolute atomic E-state index is 0.838. The Kier molecular flexibility index (Phi) is 4.04. The fourth-order valence-corrected chi connectivity index (χ4v) is 3.34. The first-order valence-electron chi connectivity index (χ1n) is 7.44. The van der Waals surface area contributed by atoms with Crippen molar-refractivity contribution in [3.05, 3.63) is 29.8 Å². The van der Waals surface area contributed by atoms with Crippen molar-refractivity contribution in [3.8, 4) is 5.75 Å². The molecule has 104 valence electrons. The molecular formula is C16H24N2O. The van der Waals surface area contributed by atoms with Crippen molar-refractivity contribution in [2.24, 2.45) is 0 Å². The van der Waals surface area contributed by atoms with Crippen molar-refractivity contribution < 1.29 is 4.74 Å². The summed E-state index contributed by atoms with van der Waals surface area (Å²) in [4.78, 5) is 5.31. The van der Waals surface area contributed by atoms with Gasteiger partial charge in [0, 0.05) is 32.2 Å². The average Bonchev–Trinajstić information content (AvgIpc) is 2.93. The molecule has 1 aromatic rings. The number of benzene rings is 1. The van der Waals surface area contributed by atoms with Crippen LogP contribution in [0.1, 0.15) is 18.4 Å². The van der Waals surface area contributed by atoms with E-state index in [-0.39, 0.29) is 0 Å². The zero-order valence-electron chi connectivity index (χ0n) is 11.8. The van der Waals surface area contributed by atoms with Gasteiger partial charge in [-0.25, -0.2) is 0 Å². The quantitative estimate of drug-likeness (QED) is 0.824. The van der Waals surface area contributed by atoms with Gasteiger partial charge in [-0.15, -0.1) is 0 Å². The summed E-state index contributed by atoms with van der Waals surface area (Å²) in [6.07, 6.45) is 3.95. The summed E-state index contributed by atoms with van der Waals surface area (Å²) in [6, 6.07) is 9.33. The van der Waals surface area contributed by atoms with Crippen molar-refractivity contribution in [1.82, 2.24) is 9.80 Å². The van der Waals surface area contributed by atoms with Gasteiger partial charge in [-0.2, -0.15) is 0 Å². The summed E-state index contributed by atoms with van der Waals surface area (Å²) in [5.41, 5.74) is 1.41. The SMILES string of the molecule is COc1ccc(CCN2CCN3CCCC3C2)cc1. The van der Waals surface area contributed by atoms with E-state index in [1.807, 2.05) is 0 Å². The number of nitrogens with zero attached hydrogens (tertiary/aromatic N) is 2. The highest BCUT2D eigenvalue weighted by atomic mass is 16.5. The Balaban J connectivity index is 1.49. The second-order valence-corrected chi connectivity index (χ2v) is 5.73. The molecule has 3 rings (SSSR count). The summed E-state index contributed by atoms with van der Waals surface area (Å²) in [5.74, 6) is 0.948. The average molecular weight is 260 g/mol. The first-order chi connectivity index (χ1) is 9.35. The Hall–Kier alpha value is -1.06. The van der Waals surface area contributed by atoms with Crippen molar-refractivity contribution in [1.29, 1.82) is 0 Å². The largest absolute Gasteiger partial charge is 0.497 e. The van der Waals surface area contributed by atoms with Gasteiger partial charge in [0.25, 0.3) is 0 Å². The highest BCUT2D eigenvalue weighted by Crippen LogP contribution is 2.21. The predicted molar refractivity (Wildman–Crippen MR) is 77.7 cm³/mol. The number of hydrogen-bond acceptors (Lipinski definition) is 3. The molecule has 2 fully saturated rings. The van der Waals surface area contributed by atoms with Crippen LogP contribution in [0.4, 0.5) is 0 Å². The molecule has 2 heterocycles. The molecule has 0 amide bonds. The second kappa shape index (κ2) is 5.93. The zero-order valence-corrected chi connectivity index (χ0v) is 11.8. The maximum Gasteiger partial charge on any atom is 0.118 e. The molecule has 0 radical (unpaired) electrons. The van der Waals surface area contributed by atoms with Crippen LogP contribution in [-0.4, -0.2) is 55.7 Å². The standard InChI is InChI=1S/C16H24N2O/c1-19-16-6-4-14(5-7-16)8-10-17-11-12-18-9-2-3-15(18)13-17/h4-7,15H,2-3,8-13H2,1H3. The molecular weight excluding hydrogens is 236 g/mol. The topological polar surface area (TPSA) is 15.7 Å². The molecule has 1 aromatic carbocycles. The Bertz CT molecular complexity index is 404. The van der Waals surface area contributed by atoms with Gasteiger partial charge in [-0.05, 0) is 43.5 Å². The Morgan fingerprint density at radius 3 is 2.79 bits per heavy atom. The van der Waals surface area contributed by atoms with Crippen molar-refractivity contribution in [3.63, 3.8) is 0 Å². The van der Waals surface area contributed by atoms with Gasteiger partial charge in [0.05, 0.1) is 7.11 Å². The molecule has 2 aliphatic rings. The van der Waals surface area contributed by atoms with Crippen LogP contribution in [0.5, 0.6) is 5.75 Å². The lowest BCUT2D eigenvalue weighted by Gasteiger charge is -2.37. The minimum Gasteiger partial charge on any atom is -0.497 e. The number of methoxy groups -OCH3 is 1. The van der Waals surface area contributed by atoms with Crippen LogP contribution in [0.2, 0.25) is 0 Å². The first kappa shape index (κ1) is 12.9. The molecule has 0 bridgehead atoms. The third-order valence-electron chi connectivity index (χ3n) is 4.55. The van der Waals surface area contributed by atoms with Crippen LogP contribution >= 0.6 is 0 Å². The minimum atomic E-state index is 0.838. The third kappa shape index (κ3) is 3.10. The molecule has 0 saturated carbocycles. The molecule has 3 nitrogen and oxygen atoms in total. The van der Waals surface area contributed by atoms with Crippen LogP contribution in [0.3, 0.4) is 0 Å². The van der Waals surface area contributed by atoms with E-state index in [1.54, 1.807) is 7.11 Å². The molecule has 1 unspecified atom stereocenters. The Morgan fingerprint density at radius 2 is 2.00 bits per heavy atom. The van der Waals surface area contributed by atoms with Gasteiger partial charge in [0.2, 0.25) is 0 Å². The maximum absolute atomic E-state index is 5.20. The summed E-state index contributed by atoms with van der Waals surface area (Å²) in [7, 11) is 1.72. The van der Waals surface area contributed by atoms with Crippen LogP contribution in [0, 0.1) is 0 Å². The van der Waals surface area contributed by atoms with E-state index >= 15 is 0 Å². The van der Waals surface area contributed by atoms with E-state index in [4.69, 9.17) is 4.74 Å². The highest BCUT2D eigenvalue weighted by Gasteiger charge is 2.29. The van der Waals surface area contributed by atoms with Gasteiger partial charge in [0.15, 0.2) is 0 Å². The first-order valence-corrected chi connectivity index (χ1v) is 7.44. The van der Waals surface area contributed by atoms with Gasteiger partial charge in [-0.1, -0.05) is 12.1 Å². The van der Waals surface area contributed by atoms with E-state index in [0.29, 0.717) is 0 Å². The molecule has 0 N–H and O–H groups in total. The van der Waals surface area contributed by atoms with Crippen LogP contribution in [0.25, 0.3) is 0 Å². The number of rotatable bonds is 4. The molecule has 2 aliphatic heterocycles. The molecule has 0 aliphatic carbocycles. The van der Waals surface area contributed by atoms with Crippen LogP contribution in [0.15, 0.2) is 24.3 Å². The normalized spacial score (nSPS) is 24.4. The number of fused-ring (bicyclic) bond motifs is 1. The fourth-order valence-electron chi connectivity index (χ4n) is 3.34. The smallest absolute Gasteiger partial charge is 0.118 e. The number of ether oxygens (including phenoxy) is 1. The summed E-state index contributed by atoms with van der Waals surface area (Å²) >= 11 is 0. The fraction of sp³-hybridized carbons (Fsp3) is 0.625. The lowest BCUT2D eigenvalue weighted by molar-refractivity contribution is 0.105. The van der Waals surface area contributed by atoms with Gasteiger partial charge in [0.1, 0.15) is 5.75 Å². The lowest BCUT2D eigenvalue weighted by Crippen LogP contribution is -2.50. The molecule has 2 saturated heterocycles. The highest BCUT2D eigenvalue weighted by molar-refractivity contribution is 5.27. The molecule has 0 aromatic heterocycles. The summed E-state index contributed by atoms with van der Waals surface area (Å²) in [6.45, 7) is 6.31. The number of hydrogen-bond donors (Lipinski definition) is 0. The Labute approximate surface area is 116 Å². The van der Waals surface area contributed by atoms with Gasteiger partial charge < -0.3 is 9.64 Å². The monoisotopic (exact) mass is 260 g/mol. The molecule has 19 heavy (non-hydrogen) atoms. The van der Waals surface area contributed by atoms with Crippen LogP contribution < -0.4 is 4.74 Å². The molecule has 3 heteroatoms. The Morgan fingerprint density at radius 1 is 1.16 bits per heavy atom. The van der Waals surface area contributed by atoms with Gasteiger partial charge in [-0.3, -0.25) is 4.90 Å². The second-order valence-electron chi connectivity index (χ2n) is 5.73. The summed E-state index contributed by atoms with van der Waals surface area (Å²) in [5, 5.41) is 0. The molecule has 0 spiro atoms.